The Morgan fingerprint density at radius 2 is 1.75 bits per heavy atom. The van der Waals surface area contributed by atoms with Crippen molar-refractivity contribution in [2.75, 3.05) is 0 Å². The average molecular weight is 189 g/mol. The van der Waals surface area contributed by atoms with Gasteiger partial charge in [-0.15, -0.1) is 0 Å². The third-order valence-electron chi connectivity index (χ3n) is 1.26. The van der Waals surface area contributed by atoms with Gasteiger partial charge in [-0.1, -0.05) is 0 Å². The highest BCUT2D eigenvalue weighted by Gasteiger charge is 2.06. The van der Waals surface area contributed by atoms with Crippen molar-refractivity contribution in [3.05, 3.63) is 24.3 Å². The molecule has 0 fully saturated rings. The summed E-state index contributed by atoms with van der Waals surface area (Å²) in [6.07, 6.45) is 0. The molecule has 0 aliphatic rings. The van der Waals surface area contributed by atoms with Crippen molar-refractivity contribution in [3.8, 4) is 5.75 Å². The van der Waals surface area contributed by atoms with E-state index in [4.69, 9.17) is 10.4 Å². The monoisotopic (exact) mass is 189 g/mol. The predicted molar refractivity (Wildman–Crippen MR) is 41.1 cm³/mol. The molecular weight excluding hydrogens is 182 g/mol. The van der Waals surface area contributed by atoms with Crippen molar-refractivity contribution >= 4 is 10.0 Å². The zero-order valence-corrected chi connectivity index (χ0v) is 6.78. The standard InChI is InChI=1S/C6H7NO4S/c7-12(9,10)6-3-1-5(11-8)2-4-6/h1-4,8H,(H2,7,9,10). The van der Waals surface area contributed by atoms with Gasteiger partial charge in [-0.25, -0.2) is 18.8 Å². The second-order valence-corrected chi connectivity index (χ2v) is 3.67. The normalized spacial score (nSPS) is 11.2. The molecule has 1 aromatic rings. The second kappa shape index (κ2) is 3.10. The first kappa shape index (κ1) is 8.98. The number of rotatable bonds is 2. The first-order valence-corrected chi connectivity index (χ1v) is 4.53. The van der Waals surface area contributed by atoms with E-state index < -0.39 is 10.0 Å². The molecule has 0 saturated heterocycles. The minimum atomic E-state index is -3.66. The van der Waals surface area contributed by atoms with E-state index in [1.165, 1.54) is 24.3 Å². The Hall–Kier alpha value is -1.11. The maximum Gasteiger partial charge on any atom is 0.238 e. The fraction of sp³-hybridized carbons (Fsp3) is 0. The van der Waals surface area contributed by atoms with Crippen LogP contribution >= 0.6 is 0 Å². The fourth-order valence-electron chi connectivity index (χ4n) is 0.690. The minimum absolute atomic E-state index is 0.0247. The summed E-state index contributed by atoms with van der Waals surface area (Å²) in [5.74, 6) is 0.155. The van der Waals surface area contributed by atoms with E-state index in [2.05, 4.69) is 4.89 Å². The molecule has 0 aliphatic heterocycles. The van der Waals surface area contributed by atoms with E-state index in [1.807, 2.05) is 0 Å². The van der Waals surface area contributed by atoms with Crippen LogP contribution in [0.15, 0.2) is 29.2 Å². The van der Waals surface area contributed by atoms with Crippen LogP contribution in [0.3, 0.4) is 0 Å². The SMILES string of the molecule is NS(=O)(=O)c1ccc(OO)cc1. The molecule has 0 amide bonds. The molecule has 1 aromatic carbocycles. The van der Waals surface area contributed by atoms with Gasteiger partial charge >= 0.3 is 0 Å². The molecule has 0 atom stereocenters. The van der Waals surface area contributed by atoms with Crippen LogP contribution in [-0.4, -0.2) is 13.7 Å². The van der Waals surface area contributed by atoms with Gasteiger partial charge in [-0.3, -0.25) is 0 Å². The van der Waals surface area contributed by atoms with Gasteiger partial charge in [-0.05, 0) is 24.3 Å². The van der Waals surface area contributed by atoms with E-state index >= 15 is 0 Å². The summed E-state index contributed by atoms with van der Waals surface area (Å²) in [4.78, 5) is 3.82. The Morgan fingerprint density at radius 1 is 1.25 bits per heavy atom. The predicted octanol–water partition coefficient (Wildman–Crippen LogP) is 0.186. The molecule has 66 valence electrons. The van der Waals surface area contributed by atoms with E-state index in [0.717, 1.165) is 0 Å². The summed E-state index contributed by atoms with van der Waals surface area (Å²) in [5, 5.41) is 13.0. The third kappa shape index (κ3) is 1.94. The zero-order chi connectivity index (χ0) is 9.19. The van der Waals surface area contributed by atoms with E-state index in [0.29, 0.717) is 0 Å². The molecule has 3 N–H and O–H groups in total. The summed E-state index contributed by atoms with van der Waals surface area (Å²) in [6.45, 7) is 0. The maximum atomic E-state index is 10.7. The van der Waals surface area contributed by atoms with Crippen molar-refractivity contribution < 1.29 is 18.6 Å². The molecule has 0 saturated carbocycles. The largest absolute Gasteiger partial charge is 0.340 e. The minimum Gasteiger partial charge on any atom is -0.340 e. The molecule has 0 heterocycles. The fourth-order valence-corrected chi connectivity index (χ4v) is 1.21. The maximum absolute atomic E-state index is 10.7. The molecular formula is C6H7NO4S. The molecule has 0 spiro atoms. The van der Waals surface area contributed by atoms with Crippen LogP contribution in [0, 0.1) is 0 Å². The zero-order valence-electron chi connectivity index (χ0n) is 5.97. The van der Waals surface area contributed by atoms with Crippen LogP contribution in [0.2, 0.25) is 0 Å². The van der Waals surface area contributed by atoms with Crippen LogP contribution in [0.4, 0.5) is 0 Å². The third-order valence-corrected chi connectivity index (χ3v) is 2.19. The van der Waals surface area contributed by atoms with Gasteiger partial charge in [0.15, 0.2) is 5.75 Å². The van der Waals surface area contributed by atoms with Crippen molar-refractivity contribution in [2.45, 2.75) is 4.90 Å². The smallest absolute Gasteiger partial charge is 0.238 e. The van der Waals surface area contributed by atoms with E-state index in [1.54, 1.807) is 0 Å². The molecule has 0 aromatic heterocycles. The Labute approximate surface area is 69.4 Å². The molecule has 5 nitrogen and oxygen atoms in total. The van der Waals surface area contributed by atoms with Crippen LogP contribution in [0.25, 0.3) is 0 Å². The Kier molecular flexibility index (Phi) is 2.32. The van der Waals surface area contributed by atoms with Crippen LogP contribution in [0.1, 0.15) is 0 Å². The lowest BCUT2D eigenvalue weighted by Gasteiger charge is -1.98. The second-order valence-electron chi connectivity index (χ2n) is 2.11. The van der Waals surface area contributed by atoms with E-state index in [9.17, 15) is 8.42 Å². The molecule has 6 heteroatoms. The lowest BCUT2D eigenvalue weighted by Crippen LogP contribution is -2.11. The van der Waals surface area contributed by atoms with Gasteiger partial charge in [0.25, 0.3) is 0 Å². The number of benzene rings is 1. The molecule has 0 radical (unpaired) electrons. The number of primary sulfonamides is 1. The van der Waals surface area contributed by atoms with Gasteiger partial charge in [0.05, 0.1) is 4.90 Å². The Bertz CT molecular complexity index is 356. The number of sulfonamides is 1. The van der Waals surface area contributed by atoms with E-state index in [-0.39, 0.29) is 10.6 Å². The molecule has 12 heavy (non-hydrogen) atoms. The first-order valence-electron chi connectivity index (χ1n) is 2.98. The molecule has 0 unspecified atom stereocenters. The Morgan fingerprint density at radius 3 is 2.08 bits per heavy atom. The highest BCUT2D eigenvalue weighted by atomic mass is 32.2. The average Bonchev–Trinajstić information content (AvgIpc) is 2.03. The van der Waals surface area contributed by atoms with Gasteiger partial charge in [0.1, 0.15) is 0 Å². The van der Waals surface area contributed by atoms with Crippen LogP contribution in [-0.2, 0) is 10.0 Å². The molecule has 0 bridgehead atoms. The van der Waals surface area contributed by atoms with Crippen LogP contribution in [0.5, 0.6) is 5.75 Å². The van der Waals surface area contributed by atoms with Crippen LogP contribution < -0.4 is 10.0 Å². The number of hydrogen-bond acceptors (Lipinski definition) is 4. The van der Waals surface area contributed by atoms with Crippen molar-refractivity contribution in [1.29, 1.82) is 0 Å². The van der Waals surface area contributed by atoms with Gasteiger partial charge in [-0.2, -0.15) is 0 Å². The first-order chi connectivity index (χ1) is 5.54. The molecule has 1 rings (SSSR count). The number of nitrogens with two attached hydrogens (primary N) is 1. The topological polar surface area (TPSA) is 89.6 Å². The van der Waals surface area contributed by atoms with Crippen molar-refractivity contribution in [2.24, 2.45) is 5.14 Å². The Balaban J connectivity index is 3.09. The summed E-state index contributed by atoms with van der Waals surface area (Å²) < 4.78 is 21.4. The lowest BCUT2D eigenvalue weighted by atomic mass is 10.3. The highest BCUT2D eigenvalue weighted by Crippen LogP contribution is 2.13. The van der Waals surface area contributed by atoms with Gasteiger partial charge in [0.2, 0.25) is 10.0 Å². The summed E-state index contributed by atoms with van der Waals surface area (Å²) in [6, 6.07) is 5.06. The number of hydrogen-bond donors (Lipinski definition) is 2. The van der Waals surface area contributed by atoms with Crippen molar-refractivity contribution in [3.63, 3.8) is 0 Å². The quantitative estimate of drug-likeness (QED) is 0.513. The molecule has 0 aliphatic carbocycles. The summed E-state index contributed by atoms with van der Waals surface area (Å²) >= 11 is 0. The summed E-state index contributed by atoms with van der Waals surface area (Å²) in [7, 11) is -3.66. The van der Waals surface area contributed by atoms with Gasteiger partial charge < -0.3 is 4.89 Å². The lowest BCUT2D eigenvalue weighted by molar-refractivity contribution is -0.137. The van der Waals surface area contributed by atoms with Crippen molar-refractivity contribution in [1.82, 2.24) is 0 Å². The van der Waals surface area contributed by atoms with Gasteiger partial charge in [0, 0.05) is 0 Å². The highest BCUT2D eigenvalue weighted by molar-refractivity contribution is 7.89. The summed E-state index contributed by atoms with van der Waals surface area (Å²) in [5.41, 5.74) is 0.